The van der Waals surface area contributed by atoms with E-state index in [0.717, 1.165) is 5.56 Å². The normalized spacial score (nSPS) is 11.2. The van der Waals surface area contributed by atoms with Crippen LogP contribution in [0.4, 0.5) is 11.4 Å². The summed E-state index contributed by atoms with van der Waals surface area (Å²) in [6.07, 6.45) is 0.611. The first-order chi connectivity index (χ1) is 9.53. The van der Waals surface area contributed by atoms with Crippen LogP contribution in [0.5, 0.6) is 0 Å². The summed E-state index contributed by atoms with van der Waals surface area (Å²) in [4.78, 5) is 0.136. The molecule has 6 heteroatoms. The Balaban J connectivity index is 2.28. The Morgan fingerprint density at radius 1 is 1.10 bits per heavy atom. The average molecular weight is 311 g/mol. The molecule has 4 nitrogen and oxygen atoms in total. The van der Waals surface area contributed by atoms with Crippen LogP contribution >= 0.6 is 11.6 Å². The average Bonchev–Trinajstić information content (AvgIpc) is 2.42. The van der Waals surface area contributed by atoms with E-state index in [0.29, 0.717) is 23.7 Å². The number of nitrogen functional groups attached to an aromatic ring is 1. The largest absolute Gasteiger partial charge is 0.398 e. The molecule has 0 saturated heterocycles. The van der Waals surface area contributed by atoms with Crippen molar-refractivity contribution in [3.63, 3.8) is 0 Å². The lowest BCUT2D eigenvalue weighted by Crippen LogP contribution is -2.13. The first-order valence-electron chi connectivity index (χ1n) is 6.05. The van der Waals surface area contributed by atoms with E-state index in [1.165, 1.54) is 12.1 Å². The quantitative estimate of drug-likeness (QED) is 0.659. The summed E-state index contributed by atoms with van der Waals surface area (Å²) in [5.74, 6) is 0.443. The second-order valence-corrected chi connectivity index (χ2v) is 6.33. The zero-order valence-corrected chi connectivity index (χ0v) is 12.3. The second-order valence-electron chi connectivity index (χ2n) is 4.27. The predicted molar refractivity (Wildman–Crippen MR) is 82.5 cm³/mol. The molecule has 0 saturated carbocycles. The highest BCUT2D eigenvalue weighted by Crippen LogP contribution is 2.21. The van der Waals surface area contributed by atoms with Crippen molar-refractivity contribution in [3.05, 3.63) is 54.1 Å². The molecule has 0 heterocycles. The predicted octanol–water partition coefficient (Wildman–Crippen LogP) is 2.85. The van der Waals surface area contributed by atoms with Crippen molar-refractivity contribution < 1.29 is 8.42 Å². The van der Waals surface area contributed by atoms with Crippen molar-refractivity contribution >= 4 is 33.0 Å². The fourth-order valence-electron chi connectivity index (χ4n) is 1.79. The van der Waals surface area contributed by atoms with Crippen LogP contribution in [0.25, 0.3) is 0 Å². The van der Waals surface area contributed by atoms with E-state index < -0.39 is 10.0 Å². The van der Waals surface area contributed by atoms with E-state index in [1.54, 1.807) is 30.3 Å². The number of anilines is 2. The van der Waals surface area contributed by atoms with Crippen LogP contribution in [-0.4, -0.2) is 14.3 Å². The van der Waals surface area contributed by atoms with Crippen LogP contribution in [0, 0.1) is 0 Å². The highest BCUT2D eigenvalue weighted by Gasteiger charge is 2.15. The Morgan fingerprint density at radius 3 is 2.40 bits per heavy atom. The monoisotopic (exact) mass is 310 g/mol. The summed E-state index contributed by atoms with van der Waals surface area (Å²) in [6.45, 7) is 0. The van der Waals surface area contributed by atoms with Gasteiger partial charge in [-0.3, -0.25) is 4.72 Å². The van der Waals surface area contributed by atoms with Crippen LogP contribution < -0.4 is 10.5 Å². The van der Waals surface area contributed by atoms with E-state index in [-0.39, 0.29) is 4.90 Å². The minimum atomic E-state index is -3.63. The van der Waals surface area contributed by atoms with Gasteiger partial charge in [0.05, 0.1) is 4.90 Å². The van der Waals surface area contributed by atoms with Gasteiger partial charge in [-0.15, -0.1) is 11.6 Å². The number of hydrogen-bond acceptors (Lipinski definition) is 3. The smallest absolute Gasteiger partial charge is 0.261 e. The molecule has 106 valence electrons. The molecule has 0 aliphatic rings. The second kappa shape index (κ2) is 6.15. The van der Waals surface area contributed by atoms with Gasteiger partial charge in [0.1, 0.15) is 0 Å². The van der Waals surface area contributed by atoms with Gasteiger partial charge in [0.25, 0.3) is 10.0 Å². The summed E-state index contributed by atoms with van der Waals surface area (Å²) in [5.41, 5.74) is 7.63. The maximum Gasteiger partial charge on any atom is 0.261 e. The van der Waals surface area contributed by atoms with Crippen molar-refractivity contribution in [1.29, 1.82) is 0 Å². The highest BCUT2D eigenvalue weighted by molar-refractivity contribution is 7.92. The summed E-state index contributed by atoms with van der Waals surface area (Å²) in [7, 11) is -3.63. The van der Waals surface area contributed by atoms with E-state index in [4.69, 9.17) is 17.3 Å². The van der Waals surface area contributed by atoms with Crippen LogP contribution in [0.15, 0.2) is 53.4 Å². The summed E-state index contributed by atoms with van der Waals surface area (Å²) < 4.78 is 27.0. The van der Waals surface area contributed by atoms with Gasteiger partial charge in [-0.2, -0.15) is 0 Å². The fraction of sp³-hybridized carbons (Fsp3) is 0.143. The SMILES string of the molecule is Nc1cc(S(=O)(=O)Nc2ccccc2)ccc1CCCl. The van der Waals surface area contributed by atoms with Gasteiger partial charge in [0, 0.05) is 17.3 Å². The van der Waals surface area contributed by atoms with Gasteiger partial charge in [-0.25, -0.2) is 8.42 Å². The summed E-state index contributed by atoms with van der Waals surface area (Å²) in [5, 5.41) is 0. The third-order valence-corrected chi connectivity index (χ3v) is 4.39. The lowest BCUT2D eigenvalue weighted by atomic mass is 10.1. The molecule has 0 aliphatic heterocycles. The first kappa shape index (κ1) is 14.7. The molecule has 2 aromatic carbocycles. The van der Waals surface area contributed by atoms with E-state index in [9.17, 15) is 8.42 Å². The van der Waals surface area contributed by atoms with Crippen molar-refractivity contribution in [1.82, 2.24) is 0 Å². The number of halogens is 1. The van der Waals surface area contributed by atoms with Crippen LogP contribution in [0.1, 0.15) is 5.56 Å². The number of alkyl halides is 1. The van der Waals surface area contributed by atoms with Gasteiger partial charge in [0.2, 0.25) is 0 Å². The number of para-hydroxylation sites is 1. The van der Waals surface area contributed by atoms with E-state index in [1.807, 2.05) is 6.07 Å². The third kappa shape index (κ3) is 3.43. The molecule has 0 fully saturated rings. The van der Waals surface area contributed by atoms with Gasteiger partial charge in [0.15, 0.2) is 0 Å². The maximum atomic E-state index is 12.2. The molecule has 0 amide bonds. The zero-order chi connectivity index (χ0) is 14.6. The Bertz CT molecular complexity index is 688. The Kier molecular flexibility index (Phi) is 4.52. The first-order valence-corrected chi connectivity index (χ1v) is 8.07. The van der Waals surface area contributed by atoms with Crippen LogP contribution in [0.2, 0.25) is 0 Å². The third-order valence-electron chi connectivity index (χ3n) is 2.82. The Labute approximate surface area is 123 Å². The zero-order valence-electron chi connectivity index (χ0n) is 10.7. The number of sulfonamides is 1. The number of aryl methyl sites for hydroxylation is 1. The van der Waals surface area contributed by atoms with Crippen molar-refractivity contribution in [2.45, 2.75) is 11.3 Å². The molecule has 0 atom stereocenters. The molecule has 0 aliphatic carbocycles. The van der Waals surface area contributed by atoms with Crippen molar-refractivity contribution in [2.24, 2.45) is 0 Å². The van der Waals surface area contributed by atoms with E-state index >= 15 is 0 Å². The number of nitrogens with two attached hydrogens (primary N) is 1. The summed E-state index contributed by atoms with van der Waals surface area (Å²) in [6, 6.07) is 13.4. The minimum absolute atomic E-state index is 0.136. The lowest BCUT2D eigenvalue weighted by Gasteiger charge is -2.10. The Hall–Kier alpha value is -1.72. The number of rotatable bonds is 5. The molecule has 0 bridgehead atoms. The number of hydrogen-bond donors (Lipinski definition) is 2. The molecular formula is C14H15ClN2O2S. The van der Waals surface area contributed by atoms with Crippen molar-refractivity contribution in [2.75, 3.05) is 16.3 Å². The molecule has 2 aromatic rings. The van der Waals surface area contributed by atoms with E-state index in [2.05, 4.69) is 4.72 Å². The molecule has 0 radical (unpaired) electrons. The number of nitrogens with one attached hydrogen (secondary N) is 1. The summed E-state index contributed by atoms with van der Waals surface area (Å²) >= 11 is 5.66. The molecule has 3 N–H and O–H groups in total. The molecule has 0 unspecified atom stereocenters. The molecule has 0 spiro atoms. The van der Waals surface area contributed by atoms with Gasteiger partial charge in [-0.05, 0) is 36.2 Å². The van der Waals surface area contributed by atoms with Crippen LogP contribution in [-0.2, 0) is 16.4 Å². The Morgan fingerprint density at radius 2 is 1.80 bits per heavy atom. The van der Waals surface area contributed by atoms with Crippen molar-refractivity contribution in [3.8, 4) is 0 Å². The van der Waals surface area contributed by atoms with Gasteiger partial charge in [-0.1, -0.05) is 24.3 Å². The maximum absolute atomic E-state index is 12.2. The molecular weight excluding hydrogens is 296 g/mol. The fourth-order valence-corrected chi connectivity index (χ4v) is 3.09. The molecule has 0 aromatic heterocycles. The van der Waals surface area contributed by atoms with Gasteiger partial charge < -0.3 is 5.73 Å². The molecule has 2 rings (SSSR count). The topological polar surface area (TPSA) is 72.2 Å². The number of benzene rings is 2. The van der Waals surface area contributed by atoms with Crippen LogP contribution in [0.3, 0.4) is 0 Å². The standard InChI is InChI=1S/C14H15ClN2O2S/c15-9-8-11-6-7-13(10-14(11)16)20(18,19)17-12-4-2-1-3-5-12/h1-7,10,17H,8-9,16H2. The lowest BCUT2D eigenvalue weighted by molar-refractivity contribution is 0.601. The molecule has 20 heavy (non-hydrogen) atoms. The van der Waals surface area contributed by atoms with Gasteiger partial charge >= 0.3 is 0 Å². The minimum Gasteiger partial charge on any atom is -0.398 e. The highest BCUT2D eigenvalue weighted by atomic mass is 35.5.